The summed E-state index contributed by atoms with van der Waals surface area (Å²) < 4.78 is 10.8. The first-order valence-corrected chi connectivity index (χ1v) is 10.4. The van der Waals surface area contributed by atoms with Gasteiger partial charge in [0.15, 0.2) is 11.5 Å². The molecule has 31 heavy (non-hydrogen) atoms. The summed E-state index contributed by atoms with van der Waals surface area (Å²) in [7, 11) is 3.17. The Balaban J connectivity index is 1.78. The van der Waals surface area contributed by atoms with Crippen molar-refractivity contribution in [3.8, 4) is 11.5 Å². The average molecular weight is 455 g/mol. The number of hydrazone groups is 1. The van der Waals surface area contributed by atoms with Crippen LogP contribution in [0.2, 0.25) is 10.0 Å². The van der Waals surface area contributed by atoms with Gasteiger partial charge in [0.2, 0.25) is 0 Å². The van der Waals surface area contributed by atoms with E-state index >= 15 is 0 Å². The predicted octanol–water partition coefficient (Wildman–Crippen LogP) is 6.00. The molecule has 3 aromatic carbocycles. The van der Waals surface area contributed by atoms with E-state index in [0.29, 0.717) is 33.5 Å². The number of benzene rings is 3. The fourth-order valence-electron chi connectivity index (χ4n) is 3.63. The Hall–Kier alpha value is -3.02. The number of hydrogen-bond donors (Lipinski definition) is 0. The first-order chi connectivity index (χ1) is 15.0. The highest BCUT2D eigenvalue weighted by atomic mass is 35.5. The lowest BCUT2D eigenvalue weighted by Gasteiger charge is -2.23. The minimum absolute atomic E-state index is 0.286. The van der Waals surface area contributed by atoms with Gasteiger partial charge in [-0.15, -0.1) is 0 Å². The number of carbonyl (C=O) groups excluding carboxylic acids is 1. The highest BCUT2D eigenvalue weighted by Gasteiger charge is 2.35. The molecule has 0 N–H and O–H groups in total. The first kappa shape index (κ1) is 21.2. The van der Waals surface area contributed by atoms with Crippen molar-refractivity contribution in [2.45, 2.75) is 12.5 Å². The summed E-state index contributed by atoms with van der Waals surface area (Å²) in [5.74, 6) is 0.926. The second kappa shape index (κ2) is 9.00. The van der Waals surface area contributed by atoms with Crippen molar-refractivity contribution in [3.63, 3.8) is 0 Å². The Labute approximate surface area is 190 Å². The number of methoxy groups -OCH3 is 2. The first-order valence-electron chi connectivity index (χ1n) is 9.66. The molecule has 1 amide bonds. The van der Waals surface area contributed by atoms with E-state index in [1.807, 2.05) is 42.5 Å². The summed E-state index contributed by atoms with van der Waals surface area (Å²) in [5.41, 5.74) is 2.79. The lowest BCUT2D eigenvalue weighted by molar-refractivity contribution is 0.0711. The smallest absolute Gasteiger partial charge is 0.276 e. The van der Waals surface area contributed by atoms with Gasteiger partial charge in [0.05, 0.1) is 36.6 Å². The Morgan fingerprint density at radius 3 is 2.29 bits per heavy atom. The minimum atomic E-state index is -0.361. The van der Waals surface area contributed by atoms with Crippen LogP contribution in [0.1, 0.15) is 33.9 Å². The molecule has 0 bridgehead atoms. The van der Waals surface area contributed by atoms with Gasteiger partial charge in [-0.1, -0.05) is 53.5 Å². The van der Waals surface area contributed by atoms with Crippen molar-refractivity contribution < 1.29 is 14.3 Å². The third kappa shape index (κ3) is 4.11. The van der Waals surface area contributed by atoms with Crippen LogP contribution in [0.4, 0.5) is 0 Å². The molecular formula is C24H20Cl2N2O3. The molecule has 0 unspecified atom stereocenters. The molecule has 3 aromatic rings. The highest BCUT2D eigenvalue weighted by molar-refractivity contribution is 6.34. The zero-order chi connectivity index (χ0) is 22.0. The fourth-order valence-corrected chi connectivity index (χ4v) is 4.11. The van der Waals surface area contributed by atoms with Crippen LogP contribution >= 0.6 is 23.2 Å². The summed E-state index contributed by atoms with van der Waals surface area (Å²) in [6.07, 6.45) is 0.495. The molecule has 0 spiro atoms. The summed E-state index contributed by atoms with van der Waals surface area (Å²) in [6.45, 7) is 0. The number of hydrogen-bond acceptors (Lipinski definition) is 4. The van der Waals surface area contributed by atoms with Gasteiger partial charge in [-0.3, -0.25) is 4.79 Å². The summed E-state index contributed by atoms with van der Waals surface area (Å²) in [6, 6.07) is 19.6. The van der Waals surface area contributed by atoms with Gasteiger partial charge in [0.1, 0.15) is 0 Å². The molecule has 1 aliphatic rings. The number of rotatable bonds is 5. The lowest BCUT2D eigenvalue weighted by Crippen LogP contribution is -2.27. The monoisotopic (exact) mass is 454 g/mol. The van der Waals surface area contributed by atoms with Gasteiger partial charge >= 0.3 is 0 Å². The van der Waals surface area contributed by atoms with Crippen LogP contribution in [0, 0.1) is 0 Å². The molecule has 1 aliphatic heterocycles. The standard InChI is InChI=1S/C24H20Cl2N2O3/c1-30-22-12-11-15(13-23(22)31-2)20-14-21(16-7-3-5-9-18(16)25)28(27-20)24(29)17-8-4-6-10-19(17)26/h3-13,21H,14H2,1-2H3/t21-/m1/s1. The molecule has 0 aromatic heterocycles. The Bertz CT molecular complexity index is 1160. The number of halogens is 2. The highest BCUT2D eigenvalue weighted by Crippen LogP contribution is 2.39. The van der Waals surface area contributed by atoms with Gasteiger partial charge in [-0.2, -0.15) is 5.10 Å². The largest absolute Gasteiger partial charge is 0.493 e. The zero-order valence-corrected chi connectivity index (χ0v) is 18.5. The predicted molar refractivity (Wildman–Crippen MR) is 123 cm³/mol. The second-order valence-corrected chi connectivity index (χ2v) is 7.80. The average Bonchev–Trinajstić information content (AvgIpc) is 3.24. The van der Waals surface area contributed by atoms with E-state index < -0.39 is 0 Å². The van der Waals surface area contributed by atoms with Crippen molar-refractivity contribution in [1.29, 1.82) is 0 Å². The third-order valence-electron chi connectivity index (χ3n) is 5.20. The van der Waals surface area contributed by atoms with Gasteiger partial charge in [0.25, 0.3) is 5.91 Å². The molecular weight excluding hydrogens is 435 g/mol. The van der Waals surface area contributed by atoms with Crippen LogP contribution in [-0.2, 0) is 0 Å². The summed E-state index contributed by atoms with van der Waals surface area (Å²) in [4.78, 5) is 13.4. The minimum Gasteiger partial charge on any atom is -0.493 e. The van der Waals surface area contributed by atoms with Crippen LogP contribution in [-0.4, -0.2) is 30.8 Å². The summed E-state index contributed by atoms with van der Waals surface area (Å²) in [5, 5.41) is 7.11. The van der Waals surface area contributed by atoms with Crippen molar-refractivity contribution in [1.82, 2.24) is 5.01 Å². The van der Waals surface area contributed by atoms with E-state index in [1.165, 1.54) is 5.01 Å². The molecule has 0 radical (unpaired) electrons. The van der Waals surface area contributed by atoms with Gasteiger partial charge in [-0.25, -0.2) is 5.01 Å². The van der Waals surface area contributed by atoms with E-state index in [2.05, 4.69) is 0 Å². The molecule has 0 saturated carbocycles. The van der Waals surface area contributed by atoms with Crippen LogP contribution < -0.4 is 9.47 Å². The second-order valence-electron chi connectivity index (χ2n) is 6.99. The van der Waals surface area contributed by atoms with Crippen molar-refractivity contribution in [2.24, 2.45) is 5.10 Å². The zero-order valence-electron chi connectivity index (χ0n) is 17.0. The fraction of sp³-hybridized carbons (Fsp3) is 0.167. The maximum absolute atomic E-state index is 13.4. The number of amides is 1. The summed E-state index contributed by atoms with van der Waals surface area (Å²) >= 11 is 12.8. The molecule has 4 rings (SSSR count). The SMILES string of the molecule is COc1ccc(C2=NN(C(=O)c3ccccc3Cl)[C@@H](c3ccccc3Cl)C2)cc1OC. The van der Waals surface area contributed by atoms with Crippen LogP contribution in [0.15, 0.2) is 71.8 Å². The quantitative estimate of drug-likeness (QED) is 0.474. The van der Waals surface area contributed by atoms with Gasteiger partial charge in [-0.05, 0) is 42.0 Å². The Kier molecular flexibility index (Phi) is 6.16. The normalized spacial score (nSPS) is 15.5. The molecule has 5 nitrogen and oxygen atoms in total. The van der Waals surface area contributed by atoms with Crippen molar-refractivity contribution >= 4 is 34.8 Å². The van der Waals surface area contributed by atoms with Gasteiger partial charge < -0.3 is 9.47 Å². The number of carbonyl (C=O) groups is 1. The van der Waals surface area contributed by atoms with Crippen LogP contribution in [0.5, 0.6) is 11.5 Å². The van der Waals surface area contributed by atoms with E-state index in [0.717, 1.165) is 16.8 Å². The third-order valence-corrected chi connectivity index (χ3v) is 5.88. The van der Waals surface area contributed by atoms with Crippen molar-refractivity contribution in [3.05, 3.63) is 93.5 Å². The Morgan fingerprint density at radius 2 is 1.61 bits per heavy atom. The number of ether oxygens (including phenoxy) is 2. The lowest BCUT2D eigenvalue weighted by atomic mass is 9.97. The maximum Gasteiger partial charge on any atom is 0.276 e. The van der Waals surface area contributed by atoms with Crippen LogP contribution in [0.25, 0.3) is 0 Å². The molecule has 1 atom stereocenters. The molecule has 158 valence electrons. The van der Waals surface area contributed by atoms with E-state index in [4.69, 9.17) is 37.8 Å². The van der Waals surface area contributed by atoms with Gasteiger partial charge in [0, 0.05) is 17.0 Å². The van der Waals surface area contributed by atoms with Crippen molar-refractivity contribution in [2.75, 3.05) is 14.2 Å². The molecule has 0 saturated heterocycles. The van der Waals surface area contributed by atoms with E-state index in [9.17, 15) is 4.79 Å². The topological polar surface area (TPSA) is 51.1 Å². The number of nitrogens with zero attached hydrogens (tertiary/aromatic N) is 2. The maximum atomic E-state index is 13.4. The molecule has 7 heteroatoms. The molecule has 0 fully saturated rings. The van der Waals surface area contributed by atoms with Crippen LogP contribution in [0.3, 0.4) is 0 Å². The Morgan fingerprint density at radius 1 is 0.935 bits per heavy atom. The molecule has 0 aliphatic carbocycles. The molecule has 1 heterocycles. The van der Waals surface area contributed by atoms with E-state index in [-0.39, 0.29) is 11.9 Å². The van der Waals surface area contributed by atoms with E-state index in [1.54, 1.807) is 38.5 Å².